The van der Waals surface area contributed by atoms with Crippen LogP contribution in [0.5, 0.6) is 0 Å². The molecule has 1 rings (SSSR count). The van der Waals surface area contributed by atoms with Crippen molar-refractivity contribution in [2.45, 2.75) is 50.6 Å². The van der Waals surface area contributed by atoms with Crippen molar-refractivity contribution in [3.05, 3.63) is 0 Å². The van der Waals surface area contributed by atoms with Crippen molar-refractivity contribution in [3.8, 4) is 0 Å². The zero-order valence-electron chi connectivity index (χ0n) is 8.62. The quantitative estimate of drug-likeness (QED) is 0.613. The summed E-state index contributed by atoms with van der Waals surface area (Å²) in [5, 5.41) is 21.3. The summed E-state index contributed by atoms with van der Waals surface area (Å²) in [5.41, 5.74) is -0.334. The van der Waals surface area contributed by atoms with Crippen molar-refractivity contribution in [2.24, 2.45) is 0 Å². The van der Waals surface area contributed by atoms with Crippen molar-refractivity contribution in [1.82, 2.24) is 5.32 Å². The van der Waals surface area contributed by atoms with Crippen molar-refractivity contribution in [1.29, 1.82) is 0 Å². The fraction of sp³-hybridized carbons (Fsp3) is 0.900. The van der Waals surface area contributed by atoms with Gasteiger partial charge in [0.05, 0.1) is 6.61 Å². The zero-order chi connectivity index (χ0) is 10.6. The second-order valence-electron chi connectivity index (χ2n) is 4.09. The van der Waals surface area contributed by atoms with E-state index in [2.05, 4.69) is 5.32 Å². The Labute approximate surface area is 84.3 Å². The SMILES string of the molecule is CCC(NC1(CO)CCCC1)C(=O)O. The van der Waals surface area contributed by atoms with E-state index in [1.807, 2.05) is 6.92 Å². The van der Waals surface area contributed by atoms with E-state index in [9.17, 15) is 9.90 Å². The number of rotatable bonds is 5. The van der Waals surface area contributed by atoms with Gasteiger partial charge in [0.2, 0.25) is 0 Å². The normalized spacial score (nSPS) is 22.1. The summed E-state index contributed by atoms with van der Waals surface area (Å²) >= 11 is 0. The maximum absolute atomic E-state index is 10.8. The molecule has 1 aliphatic carbocycles. The third-order valence-corrected chi connectivity index (χ3v) is 3.05. The summed E-state index contributed by atoms with van der Waals surface area (Å²) in [4.78, 5) is 10.8. The monoisotopic (exact) mass is 201 g/mol. The minimum absolute atomic E-state index is 0.0385. The van der Waals surface area contributed by atoms with Gasteiger partial charge in [0.1, 0.15) is 6.04 Å². The first-order chi connectivity index (χ1) is 6.63. The first-order valence-corrected chi connectivity index (χ1v) is 5.25. The van der Waals surface area contributed by atoms with Gasteiger partial charge in [-0.15, -0.1) is 0 Å². The Morgan fingerprint density at radius 1 is 1.50 bits per heavy atom. The minimum atomic E-state index is -0.827. The van der Waals surface area contributed by atoms with E-state index in [0.29, 0.717) is 6.42 Å². The molecule has 0 saturated heterocycles. The molecule has 0 heterocycles. The van der Waals surface area contributed by atoms with Crippen LogP contribution in [0.2, 0.25) is 0 Å². The number of aliphatic hydroxyl groups excluding tert-OH is 1. The zero-order valence-corrected chi connectivity index (χ0v) is 8.62. The van der Waals surface area contributed by atoms with Gasteiger partial charge in [-0.3, -0.25) is 10.1 Å². The fourth-order valence-corrected chi connectivity index (χ4v) is 2.11. The topological polar surface area (TPSA) is 69.6 Å². The number of hydrogen-bond acceptors (Lipinski definition) is 3. The molecule has 0 bridgehead atoms. The third-order valence-electron chi connectivity index (χ3n) is 3.05. The molecule has 3 N–H and O–H groups in total. The smallest absolute Gasteiger partial charge is 0.320 e. The van der Waals surface area contributed by atoms with Gasteiger partial charge in [-0.05, 0) is 19.3 Å². The van der Waals surface area contributed by atoms with Gasteiger partial charge in [-0.1, -0.05) is 19.8 Å². The van der Waals surface area contributed by atoms with E-state index in [0.717, 1.165) is 25.7 Å². The van der Waals surface area contributed by atoms with Crippen molar-refractivity contribution < 1.29 is 15.0 Å². The Bertz CT molecular complexity index is 200. The molecule has 1 unspecified atom stereocenters. The molecule has 1 aliphatic rings. The lowest BCUT2D eigenvalue weighted by Gasteiger charge is -2.31. The van der Waals surface area contributed by atoms with Crippen LogP contribution in [0.3, 0.4) is 0 Å². The predicted molar refractivity (Wildman–Crippen MR) is 53.1 cm³/mol. The Hall–Kier alpha value is -0.610. The number of nitrogens with one attached hydrogen (secondary N) is 1. The van der Waals surface area contributed by atoms with Gasteiger partial charge < -0.3 is 10.2 Å². The molecule has 4 nitrogen and oxygen atoms in total. The molecule has 0 amide bonds. The minimum Gasteiger partial charge on any atom is -0.480 e. The van der Waals surface area contributed by atoms with E-state index in [4.69, 9.17) is 5.11 Å². The second kappa shape index (κ2) is 4.75. The van der Waals surface area contributed by atoms with Crippen LogP contribution in [0, 0.1) is 0 Å². The highest BCUT2D eigenvalue weighted by Crippen LogP contribution is 2.29. The highest BCUT2D eigenvalue weighted by Gasteiger charge is 2.36. The first-order valence-electron chi connectivity index (χ1n) is 5.25. The summed E-state index contributed by atoms with van der Waals surface area (Å²) in [6.07, 6.45) is 4.46. The summed E-state index contributed by atoms with van der Waals surface area (Å²) in [6, 6.07) is -0.528. The van der Waals surface area contributed by atoms with Gasteiger partial charge in [0, 0.05) is 5.54 Å². The average molecular weight is 201 g/mol. The van der Waals surface area contributed by atoms with Crippen LogP contribution >= 0.6 is 0 Å². The van der Waals surface area contributed by atoms with E-state index < -0.39 is 12.0 Å². The number of carboxylic acids is 1. The number of hydrogen-bond donors (Lipinski definition) is 3. The molecule has 82 valence electrons. The molecule has 0 aromatic rings. The van der Waals surface area contributed by atoms with Crippen LogP contribution in [0.1, 0.15) is 39.0 Å². The molecule has 0 aliphatic heterocycles. The average Bonchev–Trinajstić information content (AvgIpc) is 2.63. The molecule has 1 saturated carbocycles. The Kier molecular flexibility index (Phi) is 3.89. The molecule has 1 fully saturated rings. The van der Waals surface area contributed by atoms with Crippen LogP contribution in [-0.4, -0.2) is 34.4 Å². The molecule has 0 aromatic heterocycles. The lowest BCUT2D eigenvalue weighted by molar-refractivity contribution is -0.140. The van der Waals surface area contributed by atoms with Crippen LogP contribution in [0.4, 0.5) is 0 Å². The van der Waals surface area contributed by atoms with Crippen molar-refractivity contribution in [2.75, 3.05) is 6.61 Å². The van der Waals surface area contributed by atoms with Gasteiger partial charge >= 0.3 is 5.97 Å². The van der Waals surface area contributed by atoms with E-state index in [1.54, 1.807) is 0 Å². The van der Waals surface area contributed by atoms with Crippen LogP contribution < -0.4 is 5.32 Å². The van der Waals surface area contributed by atoms with Gasteiger partial charge in [0.15, 0.2) is 0 Å². The molecule has 1 atom stereocenters. The lowest BCUT2D eigenvalue weighted by Crippen LogP contribution is -2.53. The molecule has 0 aromatic carbocycles. The van der Waals surface area contributed by atoms with E-state index >= 15 is 0 Å². The largest absolute Gasteiger partial charge is 0.480 e. The summed E-state index contributed by atoms with van der Waals surface area (Å²) in [5.74, 6) is -0.827. The lowest BCUT2D eigenvalue weighted by atomic mass is 9.97. The summed E-state index contributed by atoms with van der Waals surface area (Å²) < 4.78 is 0. The van der Waals surface area contributed by atoms with Crippen LogP contribution in [0.15, 0.2) is 0 Å². The Morgan fingerprint density at radius 2 is 2.07 bits per heavy atom. The highest BCUT2D eigenvalue weighted by molar-refractivity contribution is 5.73. The molecule has 0 spiro atoms. The Morgan fingerprint density at radius 3 is 2.43 bits per heavy atom. The predicted octanol–water partition coefficient (Wildman–Crippen LogP) is 0.744. The molecular formula is C10H19NO3. The summed E-state index contributed by atoms with van der Waals surface area (Å²) in [7, 11) is 0. The maximum atomic E-state index is 10.8. The molecular weight excluding hydrogens is 182 g/mol. The standard InChI is InChI=1S/C10H19NO3/c1-2-8(9(13)14)11-10(7-12)5-3-4-6-10/h8,11-12H,2-7H2,1H3,(H,13,14). The number of carboxylic acid groups (broad SMARTS) is 1. The van der Waals surface area contributed by atoms with Gasteiger partial charge in [-0.2, -0.15) is 0 Å². The number of carbonyl (C=O) groups is 1. The molecule has 14 heavy (non-hydrogen) atoms. The van der Waals surface area contributed by atoms with Gasteiger partial charge in [0.25, 0.3) is 0 Å². The number of aliphatic carboxylic acids is 1. The summed E-state index contributed by atoms with van der Waals surface area (Å²) in [6.45, 7) is 1.88. The van der Waals surface area contributed by atoms with Gasteiger partial charge in [-0.25, -0.2) is 0 Å². The van der Waals surface area contributed by atoms with Crippen LogP contribution in [0.25, 0.3) is 0 Å². The van der Waals surface area contributed by atoms with E-state index in [-0.39, 0.29) is 12.1 Å². The third kappa shape index (κ3) is 2.45. The van der Waals surface area contributed by atoms with Crippen molar-refractivity contribution >= 4 is 5.97 Å². The molecule has 0 radical (unpaired) electrons. The Balaban J connectivity index is 2.58. The fourth-order valence-electron chi connectivity index (χ4n) is 2.11. The first kappa shape index (κ1) is 11.5. The highest BCUT2D eigenvalue weighted by atomic mass is 16.4. The van der Waals surface area contributed by atoms with Crippen molar-refractivity contribution in [3.63, 3.8) is 0 Å². The number of aliphatic hydroxyl groups is 1. The molecule has 4 heteroatoms. The maximum Gasteiger partial charge on any atom is 0.320 e. The second-order valence-corrected chi connectivity index (χ2v) is 4.09. The van der Waals surface area contributed by atoms with Crippen LogP contribution in [-0.2, 0) is 4.79 Å². The van der Waals surface area contributed by atoms with E-state index in [1.165, 1.54) is 0 Å².